The van der Waals surface area contributed by atoms with Crippen LogP contribution in [0.2, 0.25) is 0 Å². The Labute approximate surface area is 105 Å². The minimum Gasteiger partial charge on any atom is -0.390 e. The number of rotatable bonds is 0. The quantitative estimate of drug-likeness (QED) is 0.637. The van der Waals surface area contributed by atoms with Crippen LogP contribution in [0.3, 0.4) is 0 Å². The number of hydrogen-bond acceptors (Lipinski definition) is 2. The summed E-state index contributed by atoms with van der Waals surface area (Å²) in [6.45, 7) is 8.56. The van der Waals surface area contributed by atoms with Crippen molar-refractivity contribution >= 4 is 0 Å². The first-order chi connectivity index (χ1) is 7.74. The van der Waals surface area contributed by atoms with E-state index in [0.29, 0.717) is 12.3 Å². The van der Waals surface area contributed by atoms with Crippen LogP contribution in [0, 0.1) is 17.3 Å². The van der Waals surface area contributed by atoms with Crippen molar-refractivity contribution in [2.75, 3.05) is 0 Å². The second-order valence-corrected chi connectivity index (χ2v) is 6.99. The van der Waals surface area contributed by atoms with Gasteiger partial charge in [0.15, 0.2) is 0 Å². The normalized spacial score (nSPS) is 45.8. The zero-order valence-electron chi connectivity index (χ0n) is 11.5. The van der Waals surface area contributed by atoms with Crippen LogP contribution in [0.1, 0.15) is 53.4 Å². The van der Waals surface area contributed by atoms with Gasteiger partial charge in [-0.05, 0) is 55.9 Å². The lowest BCUT2D eigenvalue weighted by atomic mass is 9.62. The van der Waals surface area contributed by atoms with Gasteiger partial charge in [0.1, 0.15) is 0 Å². The summed E-state index contributed by atoms with van der Waals surface area (Å²) in [6.07, 6.45) is 5.66. The van der Waals surface area contributed by atoms with E-state index in [0.717, 1.165) is 24.8 Å². The highest BCUT2D eigenvalue weighted by Gasteiger charge is 2.48. The lowest BCUT2D eigenvalue weighted by Crippen LogP contribution is -2.45. The Bertz CT molecular complexity index is 328. The Hall–Kier alpha value is -0.340. The van der Waals surface area contributed by atoms with Crippen LogP contribution in [-0.2, 0) is 0 Å². The summed E-state index contributed by atoms with van der Waals surface area (Å²) in [6, 6.07) is 0. The molecule has 0 aromatic carbocycles. The zero-order valence-corrected chi connectivity index (χ0v) is 11.5. The molecular formula is C15H26O2. The molecule has 0 bridgehead atoms. The lowest BCUT2D eigenvalue weighted by Gasteiger charge is -2.45. The fourth-order valence-electron chi connectivity index (χ4n) is 3.75. The highest BCUT2D eigenvalue weighted by molar-refractivity contribution is 5.18. The second kappa shape index (κ2) is 4.10. The monoisotopic (exact) mass is 238 g/mol. The highest BCUT2D eigenvalue weighted by atomic mass is 16.3. The molecule has 0 saturated heterocycles. The molecule has 0 aromatic heterocycles. The van der Waals surface area contributed by atoms with Gasteiger partial charge in [-0.3, -0.25) is 0 Å². The molecule has 2 rings (SSSR count). The Morgan fingerprint density at radius 2 is 1.88 bits per heavy atom. The third-order valence-corrected chi connectivity index (χ3v) is 5.08. The second-order valence-electron chi connectivity index (χ2n) is 6.99. The van der Waals surface area contributed by atoms with Crippen LogP contribution >= 0.6 is 0 Å². The smallest absolute Gasteiger partial charge is 0.0751 e. The van der Waals surface area contributed by atoms with E-state index < -0.39 is 5.60 Å². The average Bonchev–Trinajstić information content (AvgIpc) is 2.27. The van der Waals surface area contributed by atoms with E-state index in [4.69, 9.17) is 0 Å². The molecule has 2 N–H and O–H groups in total. The van der Waals surface area contributed by atoms with Crippen molar-refractivity contribution in [2.24, 2.45) is 17.3 Å². The standard InChI is InChI=1S/C15H26O2/c1-10-8-11-12(9-13(10)16)15(4,17)7-5-6-14(11,2)3/h8,11-13,16-17H,5-7,9H2,1-4H3. The molecule has 2 heteroatoms. The number of allylic oxidation sites excluding steroid dienone is 1. The van der Waals surface area contributed by atoms with Gasteiger partial charge in [-0.15, -0.1) is 0 Å². The first-order valence-electron chi connectivity index (χ1n) is 6.83. The van der Waals surface area contributed by atoms with E-state index in [1.54, 1.807) is 0 Å². The van der Waals surface area contributed by atoms with E-state index >= 15 is 0 Å². The van der Waals surface area contributed by atoms with Crippen molar-refractivity contribution < 1.29 is 10.2 Å². The van der Waals surface area contributed by atoms with Gasteiger partial charge in [-0.25, -0.2) is 0 Å². The molecule has 0 aromatic rings. The molecule has 4 unspecified atom stereocenters. The highest BCUT2D eigenvalue weighted by Crippen LogP contribution is 2.51. The maximum atomic E-state index is 10.6. The van der Waals surface area contributed by atoms with Gasteiger partial charge in [0.05, 0.1) is 11.7 Å². The first-order valence-corrected chi connectivity index (χ1v) is 6.83. The van der Waals surface area contributed by atoms with Crippen LogP contribution < -0.4 is 0 Å². The molecule has 17 heavy (non-hydrogen) atoms. The third-order valence-electron chi connectivity index (χ3n) is 5.08. The average molecular weight is 238 g/mol. The molecule has 4 atom stereocenters. The summed E-state index contributed by atoms with van der Waals surface area (Å²) in [7, 11) is 0. The molecule has 0 heterocycles. The predicted molar refractivity (Wildman–Crippen MR) is 69.6 cm³/mol. The molecule has 0 aliphatic heterocycles. The molecule has 0 spiro atoms. The molecule has 2 aliphatic carbocycles. The molecule has 2 aliphatic rings. The van der Waals surface area contributed by atoms with E-state index in [9.17, 15) is 10.2 Å². The summed E-state index contributed by atoms with van der Waals surface area (Å²) in [4.78, 5) is 0. The van der Waals surface area contributed by atoms with E-state index in [1.807, 2.05) is 13.8 Å². The fourth-order valence-corrected chi connectivity index (χ4v) is 3.75. The van der Waals surface area contributed by atoms with Crippen molar-refractivity contribution in [1.29, 1.82) is 0 Å². The molecular weight excluding hydrogens is 212 g/mol. The van der Waals surface area contributed by atoms with Crippen LogP contribution in [0.25, 0.3) is 0 Å². The Morgan fingerprint density at radius 1 is 1.24 bits per heavy atom. The van der Waals surface area contributed by atoms with E-state index in [2.05, 4.69) is 19.9 Å². The maximum absolute atomic E-state index is 10.6. The van der Waals surface area contributed by atoms with Gasteiger partial charge >= 0.3 is 0 Å². The van der Waals surface area contributed by atoms with Gasteiger partial charge in [0.2, 0.25) is 0 Å². The molecule has 98 valence electrons. The van der Waals surface area contributed by atoms with Gasteiger partial charge < -0.3 is 10.2 Å². The third kappa shape index (κ3) is 2.30. The van der Waals surface area contributed by atoms with Gasteiger partial charge in [-0.2, -0.15) is 0 Å². The van der Waals surface area contributed by atoms with Gasteiger partial charge in [-0.1, -0.05) is 26.3 Å². The van der Waals surface area contributed by atoms with Crippen LogP contribution in [-0.4, -0.2) is 21.9 Å². The molecule has 1 fully saturated rings. The number of aliphatic hydroxyl groups is 2. The zero-order chi connectivity index (χ0) is 12.8. The van der Waals surface area contributed by atoms with Crippen molar-refractivity contribution in [3.8, 4) is 0 Å². The first kappa shape index (κ1) is 13.1. The maximum Gasteiger partial charge on any atom is 0.0751 e. The van der Waals surface area contributed by atoms with Crippen molar-refractivity contribution in [3.63, 3.8) is 0 Å². The van der Waals surface area contributed by atoms with Crippen molar-refractivity contribution in [3.05, 3.63) is 11.6 Å². The number of hydrogen-bond donors (Lipinski definition) is 2. The lowest BCUT2D eigenvalue weighted by molar-refractivity contribution is -0.0539. The van der Waals surface area contributed by atoms with Crippen LogP contribution in [0.4, 0.5) is 0 Å². The predicted octanol–water partition coefficient (Wildman–Crippen LogP) is 2.89. The van der Waals surface area contributed by atoms with Crippen molar-refractivity contribution in [1.82, 2.24) is 0 Å². The summed E-state index contributed by atoms with van der Waals surface area (Å²) in [5, 5.41) is 20.7. The minimum absolute atomic E-state index is 0.193. The molecule has 0 radical (unpaired) electrons. The fraction of sp³-hybridized carbons (Fsp3) is 0.867. The summed E-state index contributed by atoms with van der Waals surface area (Å²) >= 11 is 0. The molecule has 0 amide bonds. The summed E-state index contributed by atoms with van der Waals surface area (Å²) < 4.78 is 0. The number of aliphatic hydroxyl groups excluding tert-OH is 1. The summed E-state index contributed by atoms with van der Waals surface area (Å²) in [5.41, 5.74) is 0.681. The van der Waals surface area contributed by atoms with E-state index in [1.165, 1.54) is 0 Å². The number of fused-ring (bicyclic) bond motifs is 1. The SMILES string of the molecule is CC1=CC2C(CC1O)C(C)(O)CCCC2(C)C. The van der Waals surface area contributed by atoms with Crippen LogP contribution in [0.5, 0.6) is 0 Å². The topological polar surface area (TPSA) is 40.5 Å². The Morgan fingerprint density at radius 3 is 2.53 bits per heavy atom. The summed E-state index contributed by atoms with van der Waals surface area (Å²) in [5.74, 6) is 0.585. The van der Waals surface area contributed by atoms with Gasteiger partial charge in [0.25, 0.3) is 0 Å². The molecule has 1 saturated carbocycles. The van der Waals surface area contributed by atoms with Crippen molar-refractivity contribution in [2.45, 2.75) is 65.1 Å². The largest absolute Gasteiger partial charge is 0.390 e. The van der Waals surface area contributed by atoms with Gasteiger partial charge in [0, 0.05) is 0 Å². The minimum atomic E-state index is -0.628. The molecule has 2 nitrogen and oxygen atoms in total. The van der Waals surface area contributed by atoms with Crippen LogP contribution in [0.15, 0.2) is 11.6 Å². The Balaban J connectivity index is 2.41. The Kier molecular flexibility index (Phi) is 3.16. The van der Waals surface area contributed by atoms with E-state index in [-0.39, 0.29) is 17.4 Å².